The molecular weight excluding hydrogens is 246 g/mol. The van der Waals surface area contributed by atoms with Gasteiger partial charge in [-0.25, -0.2) is 0 Å². The fraction of sp³-hybridized carbons (Fsp3) is 0.647. The lowest BCUT2D eigenvalue weighted by Gasteiger charge is -2.34. The Labute approximate surface area is 123 Å². The lowest BCUT2D eigenvalue weighted by Crippen LogP contribution is -2.44. The maximum absolute atomic E-state index is 3.67. The second kappa shape index (κ2) is 7.65. The molecule has 0 aromatic heterocycles. The van der Waals surface area contributed by atoms with Gasteiger partial charge in [0, 0.05) is 44.0 Å². The van der Waals surface area contributed by atoms with Crippen molar-refractivity contribution in [3.05, 3.63) is 29.8 Å². The number of piperidine rings is 1. The van der Waals surface area contributed by atoms with E-state index in [1.54, 1.807) is 0 Å². The summed E-state index contributed by atoms with van der Waals surface area (Å²) in [5.74, 6) is 0. The van der Waals surface area contributed by atoms with Crippen molar-refractivity contribution in [2.24, 2.45) is 0 Å². The maximum atomic E-state index is 3.67. The molecular formula is C17H29N3. The SMILES string of the molecule is Cc1ccc(N2CCC(NCCNC(C)C)CC2)cc1. The van der Waals surface area contributed by atoms with Gasteiger partial charge < -0.3 is 15.5 Å². The molecule has 0 spiro atoms. The third kappa shape index (κ3) is 4.80. The van der Waals surface area contributed by atoms with Crippen LogP contribution >= 0.6 is 0 Å². The fourth-order valence-corrected chi connectivity index (χ4v) is 2.73. The first kappa shape index (κ1) is 15.3. The van der Waals surface area contributed by atoms with E-state index in [1.807, 2.05) is 0 Å². The molecule has 1 aliphatic rings. The van der Waals surface area contributed by atoms with Crippen molar-refractivity contribution in [3.63, 3.8) is 0 Å². The van der Waals surface area contributed by atoms with Crippen LogP contribution in [-0.4, -0.2) is 38.3 Å². The molecule has 112 valence electrons. The van der Waals surface area contributed by atoms with Gasteiger partial charge in [-0.2, -0.15) is 0 Å². The van der Waals surface area contributed by atoms with E-state index >= 15 is 0 Å². The van der Waals surface area contributed by atoms with Gasteiger partial charge in [-0.05, 0) is 31.9 Å². The molecule has 2 rings (SSSR count). The molecule has 0 atom stereocenters. The molecule has 1 heterocycles. The summed E-state index contributed by atoms with van der Waals surface area (Å²) < 4.78 is 0. The van der Waals surface area contributed by atoms with Gasteiger partial charge in [-0.15, -0.1) is 0 Å². The molecule has 20 heavy (non-hydrogen) atoms. The van der Waals surface area contributed by atoms with Crippen molar-refractivity contribution in [2.75, 3.05) is 31.1 Å². The Morgan fingerprint density at radius 1 is 1.10 bits per heavy atom. The normalized spacial score (nSPS) is 16.9. The minimum Gasteiger partial charge on any atom is -0.371 e. The monoisotopic (exact) mass is 275 g/mol. The molecule has 3 heteroatoms. The van der Waals surface area contributed by atoms with Gasteiger partial charge in [0.05, 0.1) is 0 Å². The molecule has 0 radical (unpaired) electrons. The highest BCUT2D eigenvalue weighted by Gasteiger charge is 2.18. The predicted octanol–water partition coefficient (Wildman–Crippen LogP) is 2.55. The molecule has 0 unspecified atom stereocenters. The molecule has 0 amide bonds. The van der Waals surface area contributed by atoms with Crippen LogP contribution in [-0.2, 0) is 0 Å². The molecule has 0 aliphatic carbocycles. The van der Waals surface area contributed by atoms with Gasteiger partial charge in [-0.1, -0.05) is 31.5 Å². The number of aryl methyl sites for hydroxylation is 1. The van der Waals surface area contributed by atoms with Crippen LogP contribution < -0.4 is 15.5 Å². The summed E-state index contributed by atoms with van der Waals surface area (Å²) in [6.07, 6.45) is 2.49. The molecule has 1 saturated heterocycles. The third-order valence-electron chi connectivity index (χ3n) is 4.00. The minimum absolute atomic E-state index is 0.584. The van der Waals surface area contributed by atoms with E-state index in [0.29, 0.717) is 12.1 Å². The van der Waals surface area contributed by atoms with Crippen molar-refractivity contribution in [1.82, 2.24) is 10.6 Å². The Balaban J connectivity index is 1.68. The summed E-state index contributed by atoms with van der Waals surface area (Å²) in [4.78, 5) is 2.50. The van der Waals surface area contributed by atoms with Gasteiger partial charge in [0.25, 0.3) is 0 Å². The first-order chi connectivity index (χ1) is 9.65. The van der Waals surface area contributed by atoms with Crippen LogP contribution in [0.4, 0.5) is 5.69 Å². The summed E-state index contributed by atoms with van der Waals surface area (Å²) >= 11 is 0. The second-order valence-corrected chi connectivity index (χ2v) is 6.16. The summed E-state index contributed by atoms with van der Waals surface area (Å²) in [5.41, 5.74) is 2.71. The number of hydrogen-bond donors (Lipinski definition) is 2. The van der Waals surface area contributed by atoms with E-state index < -0.39 is 0 Å². The Hall–Kier alpha value is -1.06. The lowest BCUT2D eigenvalue weighted by atomic mass is 10.0. The van der Waals surface area contributed by atoms with Crippen LogP contribution in [0.1, 0.15) is 32.3 Å². The number of benzene rings is 1. The predicted molar refractivity (Wildman–Crippen MR) is 87.6 cm³/mol. The standard InChI is InChI=1S/C17H29N3/c1-14(2)18-10-11-19-16-8-12-20(13-9-16)17-6-4-15(3)5-7-17/h4-7,14,16,18-19H,8-13H2,1-3H3. The van der Waals surface area contributed by atoms with Crippen molar-refractivity contribution < 1.29 is 0 Å². The molecule has 3 nitrogen and oxygen atoms in total. The van der Waals surface area contributed by atoms with Gasteiger partial charge >= 0.3 is 0 Å². The zero-order valence-electron chi connectivity index (χ0n) is 13.2. The third-order valence-corrected chi connectivity index (χ3v) is 4.00. The van der Waals surface area contributed by atoms with Crippen LogP contribution in [0, 0.1) is 6.92 Å². The highest BCUT2D eigenvalue weighted by molar-refractivity contribution is 5.47. The van der Waals surface area contributed by atoms with E-state index in [-0.39, 0.29) is 0 Å². The van der Waals surface area contributed by atoms with Crippen molar-refractivity contribution in [3.8, 4) is 0 Å². The van der Waals surface area contributed by atoms with Crippen LogP contribution in [0.3, 0.4) is 0 Å². The molecule has 1 aromatic rings. The van der Waals surface area contributed by atoms with Crippen molar-refractivity contribution in [2.45, 2.75) is 45.7 Å². The topological polar surface area (TPSA) is 27.3 Å². The van der Waals surface area contributed by atoms with E-state index in [9.17, 15) is 0 Å². The van der Waals surface area contributed by atoms with Gasteiger partial charge in [0.15, 0.2) is 0 Å². The Morgan fingerprint density at radius 3 is 2.35 bits per heavy atom. The lowest BCUT2D eigenvalue weighted by molar-refractivity contribution is 0.409. The van der Waals surface area contributed by atoms with Crippen LogP contribution in [0.2, 0.25) is 0 Å². The number of nitrogens with zero attached hydrogens (tertiary/aromatic N) is 1. The van der Waals surface area contributed by atoms with Crippen molar-refractivity contribution in [1.29, 1.82) is 0 Å². The Bertz CT molecular complexity index is 378. The summed E-state index contributed by atoms with van der Waals surface area (Å²) in [7, 11) is 0. The number of nitrogens with one attached hydrogen (secondary N) is 2. The Morgan fingerprint density at radius 2 is 1.75 bits per heavy atom. The maximum Gasteiger partial charge on any atom is 0.0366 e. The second-order valence-electron chi connectivity index (χ2n) is 6.16. The van der Waals surface area contributed by atoms with Gasteiger partial charge in [0.1, 0.15) is 0 Å². The molecule has 0 bridgehead atoms. The average Bonchev–Trinajstić information content (AvgIpc) is 2.45. The van der Waals surface area contributed by atoms with Crippen LogP contribution in [0.5, 0.6) is 0 Å². The van der Waals surface area contributed by atoms with E-state index in [2.05, 4.69) is 60.6 Å². The fourth-order valence-electron chi connectivity index (χ4n) is 2.73. The first-order valence-corrected chi connectivity index (χ1v) is 7.93. The Kier molecular flexibility index (Phi) is 5.86. The summed E-state index contributed by atoms with van der Waals surface area (Å²) in [6.45, 7) is 11.0. The first-order valence-electron chi connectivity index (χ1n) is 7.93. The number of hydrogen-bond acceptors (Lipinski definition) is 3. The summed E-state index contributed by atoms with van der Waals surface area (Å²) in [5, 5.41) is 7.12. The molecule has 1 fully saturated rings. The van der Waals surface area contributed by atoms with E-state index in [0.717, 1.165) is 13.1 Å². The molecule has 0 saturated carbocycles. The minimum atomic E-state index is 0.584. The zero-order valence-corrected chi connectivity index (χ0v) is 13.2. The molecule has 2 N–H and O–H groups in total. The van der Waals surface area contributed by atoms with Crippen molar-refractivity contribution >= 4 is 5.69 Å². The zero-order chi connectivity index (χ0) is 14.4. The van der Waals surface area contributed by atoms with Crippen LogP contribution in [0.25, 0.3) is 0 Å². The van der Waals surface area contributed by atoms with Gasteiger partial charge in [0.2, 0.25) is 0 Å². The molecule has 1 aromatic carbocycles. The number of rotatable bonds is 6. The smallest absolute Gasteiger partial charge is 0.0366 e. The van der Waals surface area contributed by atoms with E-state index in [4.69, 9.17) is 0 Å². The van der Waals surface area contributed by atoms with Gasteiger partial charge in [-0.3, -0.25) is 0 Å². The highest BCUT2D eigenvalue weighted by atomic mass is 15.1. The summed E-state index contributed by atoms with van der Waals surface area (Å²) in [6, 6.07) is 10.2. The number of anilines is 1. The highest BCUT2D eigenvalue weighted by Crippen LogP contribution is 2.20. The van der Waals surface area contributed by atoms with Crippen LogP contribution in [0.15, 0.2) is 24.3 Å². The van der Waals surface area contributed by atoms with E-state index in [1.165, 1.54) is 37.2 Å². The largest absolute Gasteiger partial charge is 0.371 e. The average molecular weight is 275 g/mol. The quantitative estimate of drug-likeness (QED) is 0.781. The molecule has 1 aliphatic heterocycles.